The van der Waals surface area contributed by atoms with E-state index < -0.39 is 0 Å². The van der Waals surface area contributed by atoms with Crippen LogP contribution in [0.4, 0.5) is 0 Å². The van der Waals surface area contributed by atoms with E-state index in [0.717, 1.165) is 5.56 Å². The summed E-state index contributed by atoms with van der Waals surface area (Å²) < 4.78 is 0. The molecule has 0 radical (unpaired) electrons. The number of amides is 2. The molecular weight excluding hydrogens is 264 g/mol. The molecule has 0 spiro atoms. The molecule has 0 saturated heterocycles. The maximum Gasteiger partial charge on any atom is 0.239 e. The average molecular weight is 283 g/mol. The first-order valence-corrected chi connectivity index (χ1v) is 6.47. The average Bonchev–Trinajstić information content (AvgIpc) is 2.27. The molecule has 0 heterocycles. The van der Waals surface area contributed by atoms with Crippen LogP contribution in [0.5, 0.6) is 0 Å². The largest absolute Gasteiger partial charge is 0.350 e. The fourth-order valence-corrected chi connectivity index (χ4v) is 1.72. The quantitative estimate of drug-likeness (QED) is 0.886. The maximum atomic E-state index is 11.7. The molecule has 0 aliphatic rings. The SMILES string of the molecule is CC(C)(C)NC(=O)CNC(=O)Cc1ccccc1Cl. The summed E-state index contributed by atoms with van der Waals surface area (Å²) in [7, 11) is 0. The van der Waals surface area contributed by atoms with Gasteiger partial charge in [-0.3, -0.25) is 9.59 Å². The summed E-state index contributed by atoms with van der Waals surface area (Å²) in [6.45, 7) is 5.63. The third-order valence-corrected chi connectivity index (χ3v) is 2.64. The molecule has 0 atom stereocenters. The van der Waals surface area contributed by atoms with Gasteiger partial charge in [-0.25, -0.2) is 0 Å². The van der Waals surface area contributed by atoms with Crippen LogP contribution < -0.4 is 10.6 Å². The van der Waals surface area contributed by atoms with Gasteiger partial charge in [0, 0.05) is 10.6 Å². The molecule has 0 fully saturated rings. The fraction of sp³-hybridized carbons (Fsp3) is 0.429. The smallest absolute Gasteiger partial charge is 0.239 e. The molecule has 1 aromatic rings. The Balaban J connectivity index is 2.41. The Morgan fingerprint density at radius 3 is 2.37 bits per heavy atom. The Morgan fingerprint density at radius 1 is 1.16 bits per heavy atom. The van der Waals surface area contributed by atoms with E-state index >= 15 is 0 Å². The van der Waals surface area contributed by atoms with Gasteiger partial charge in [0.2, 0.25) is 11.8 Å². The minimum atomic E-state index is -0.301. The highest BCUT2D eigenvalue weighted by Crippen LogP contribution is 2.15. The molecule has 0 aliphatic carbocycles. The molecule has 0 aliphatic heterocycles. The number of carbonyl (C=O) groups is 2. The summed E-state index contributed by atoms with van der Waals surface area (Å²) in [4.78, 5) is 23.2. The second-order valence-corrected chi connectivity index (χ2v) is 5.75. The van der Waals surface area contributed by atoms with E-state index in [1.165, 1.54) is 0 Å². The number of nitrogens with one attached hydrogen (secondary N) is 2. The first-order valence-electron chi connectivity index (χ1n) is 6.09. The van der Waals surface area contributed by atoms with E-state index in [9.17, 15) is 9.59 Å². The van der Waals surface area contributed by atoms with E-state index in [4.69, 9.17) is 11.6 Å². The normalized spacial score (nSPS) is 10.9. The van der Waals surface area contributed by atoms with Crippen LogP contribution in [0.3, 0.4) is 0 Å². The van der Waals surface area contributed by atoms with Crippen molar-refractivity contribution < 1.29 is 9.59 Å². The number of carbonyl (C=O) groups excluding carboxylic acids is 2. The minimum Gasteiger partial charge on any atom is -0.350 e. The summed E-state index contributed by atoms with van der Waals surface area (Å²) in [5.74, 6) is -0.433. The molecular formula is C14H19ClN2O2. The van der Waals surface area contributed by atoms with E-state index in [2.05, 4.69) is 10.6 Å². The first kappa shape index (κ1) is 15.5. The fourth-order valence-electron chi connectivity index (χ4n) is 1.52. The van der Waals surface area contributed by atoms with Crippen molar-refractivity contribution in [3.05, 3.63) is 34.9 Å². The molecule has 0 unspecified atom stereocenters. The number of benzene rings is 1. The van der Waals surface area contributed by atoms with Gasteiger partial charge in [0.05, 0.1) is 13.0 Å². The third kappa shape index (κ3) is 6.25. The van der Waals surface area contributed by atoms with Crippen LogP contribution in [0.1, 0.15) is 26.3 Å². The highest BCUT2D eigenvalue weighted by molar-refractivity contribution is 6.31. The van der Waals surface area contributed by atoms with Crippen molar-refractivity contribution in [2.24, 2.45) is 0 Å². The van der Waals surface area contributed by atoms with Crippen molar-refractivity contribution in [2.75, 3.05) is 6.54 Å². The zero-order valence-corrected chi connectivity index (χ0v) is 12.2. The van der Waals surface area contributed by atoms with Gasteiger partial charge in [0.25, 0.3) is 0 Å². The van der Waals surface area contributed by atoms with Crippen LogP contribution in [0.15, 0.2) is 24.3 Å². The van der Waals surface area contributed by atoms with Crippen LogP contribution in [-0.2, 0) is 16.0 Å². The highest BCUT2D eigenvalue weighted by Gasteiger charge is 2.14. The second-order valence-electron chi connectivity index (χ2n) is 5.34. The molecule has 5 heteroatoms. The van der Waals surface area contributed by atoms with Crippen molar-refractivity contribution in [2.45, 2.75) is 32.7 Å². The van der Waals surface area contributed by atoms with Gasteiger partial charge in [0.15, 0.2) is 0 Å². The molecule has 4 nitrogen and oxygen atoms in total. The lowest BCUT2D eigenvalue weighted by Gasteiger charge is -2.20. The van der Waals surface area contributed by atoms with Crippen LogP contribution in [-0.4, -0.2) is 23.9 Å². The van der Waals surface area contributed by atoms with Gasteiger partial charge in [-0.15, -0.1) is 0 Å². The highest BCUT2D eigenvalue weighted by atomic mass is 35.5. The molecule has 0 aromatic heterocycles. The predicted octanol–water partition coefficient (Wildman–Crippen LogP) is 1.91. The van der Waals surface area contributed by atoms with Crippen molar-refractivity contribution in [1.29, 1.82) is 0 Å². The van der Waals surface area contributed by atoms with Gasteiger partial charge in [0.1, 0.15) is 0 Å². The molecule has 0 saturated carbocycles. The molecule has 104 valence electrons. The number of rotatable bonds is 4. The predicted molar refractivity (Wildman–Crippen MR) is 76.1 cm³/mol. The van der Waals surface area contributed by atoms with Gasteiger partial charge < -0.3 is 10.6 Å². The number of halogens is 1. The lowest BCUT2D eigenvalue weighted by atomic mass is 10.1. The van der Waals surface area contributed by atoms with E-state index in [1.807, 2.05) is 26.8 Å². The van der Waals surface area contributed by atoms with Crippen LogP contribution in [0.25, 0.3) is 0 Å². The lowest BCUT2D eigenvalue weighted by Crippen LogP contribution is -2.46. The van der Waals surface area contributed by atoms with Gasteiger partial charge in [-0.1, -0.05) is 29.8 Å². The molecule has 1 aromatic carbocycles. The summed E-state index contributed by atoms with van der Waals surface area (Å²) in [5.41, 5.74) is 0.447. The molecule has 2 N–H and O–H groups in total. The summed E-state index contributed by atoms with van der Waals surface area (Å²) in [6.07, 6.45) is 0.169. The summed E-state index contributed by atoms with van der Waals surface area (Å²) in [5, 5.41) is 5.89. The summed E-state index contributed by atoms with van der Waals surface area (Å²) in [6, 6.07) is 7.15. The molecule has 2 amide bonds. The van der Waals surface area contributed by atoms with Crippen LogP contribution in [0.2, 0.25) is 5.02 Å². The Bertz CT molecular complexity index is 467. The van der Waals surface area contributed by atoms with Gasteiger partial charge >= 0.3 is 0 Å². The summed E-state index contributed by atoms with van der Waals surface area (Å²) >= 11 is 5.96. The molecule has 19 heavy (non-hydrogen) atoms. The van der Waals surface area contributed by atoms with E-state index in [0.29, 0.717) is 5.02 Å². The van der Waals surface area contributed by atoms with Gasteiger partial charge in [-0.05, 0) is 32.4 Å². The zero-order chi connectivity index (χ0) is 14.5. The Morgan fingerprint density at radius 2 is 1.79 bits per heavy atom. The standard InChI is InChI=1S/C14H19ClN2O2/c1-14(2,3)17-13(19)9-16-12(18)8-10-6-4-5-7-11(10)15/h4-7H,8-9H2,1-3H3,(H,16,18)(H,17,19). The third-order valence-electron chi connectivity index (χ3n) is 2.27. The number of hydrogen-bond donors (Lipinski definition) is 2. The zero-order valence-electron chi connectivity index (χ0n) is 11.4. The Kier molecular flexibility index (Phi) is 5.36. The van der Waals surface area contributed by atoms with Crippen molar-refractivity contribution in [1.82, 2.24) is 10.6 Å². The maximum absolute atomic E-state index is 11.7. The molecule has 1 rings (SSSR count). The Labute approximate surface area is 118 Å². The van der Waals surface area contributed by atoms with E-state index in [-0.39, 0.29) is 30.3 Å². The van der Waals surface area contributed by atoms with Crippen molar-refractivity contribution in [3.8, 4) is 0 Å². The van der Waals surface area contributed by atoms with Crippen molar-refractivity contribution in [3.63, 3.8) is 0 Å². The number of hydrogen-bond acceptors (Lipinski definition) is 2. The van der Waals surface area contributed by atoms with E-state index in [1.54, 1.807) is 18.2 Å². The Hall–Kier alpha value is -1.55. The monoisotopic (exact) mass is 282 g/mol. The van der Waals surface area contributed by atoms with Crippen LogP contribution >= 0.6 is 11.6 Å². The van der Waals surface area contributed by atoms with Gasteiger partial charge in [-0.2, -0.15) is 0 Å². The first-order chi connectivity index (χ1) is 8.78. The van der Waals surface area contributed by atoms with Crippen LogP contribution in [0, 0.1) is 0 Å². The minimum absolute atomic E-state index is 0.0272. The topological polar surface area (TPSA) is 58.2 Å². The molecule has 0 bridgehead atoms. The van der Waals surface area contributed by atoms with Crippen molar-refractivity contribution >= 4 is 23.4 Å². The lowest BCUT2D eigenvalue weighted by molar-refractivity contribution is -0.126. The second kappa shape index (κ2) is 6.57.